The molecule has 0 aromatic heterocycles. The van der Waals surface area contributed by atoms with Crippen LogP contribution in [0, 0.1) is 5.92 Å². The SMILES string of the molecule is COC1(CNC(c2ccc(Cl)cc2)C2CC2)CCC1. The molecule has 2 aliphatic rings. The third kappa shape index (κ3) is 2.96. The Labute approximate surface area is 120 Å². The van der Waals surface area contributed by atoms with Gasteiger partial charge in [0.05, 0.1) is 5.60 Å². The molecule has 1 N–H and O–H groups in total. The molecule has 104 valence electrons. The van der Waals surface area contributed by atoms with E-state index in [9.17, 15) is 0 Å². The van der Waals surface area contributed by atoms with E-state index in [4.69, 9.17) is 16.3 Å². The highest BCUT2D eigenvalue weighted by molar-refractivity contribution is 6.30. The molecule has 1 unspecified atom stereocenters. The molecule has 0 heterocycles. The molecule has 2 saturated carbocycles. The minimum Gasteiger partial charge on any atom is -0.377 e. The van der Waals surface area contributed by atoms with Gasteiger partial charge < -0.3 is 10.1 Å². The highest BCUT2D eigenvalue weighted by atomic mass is 35.5. The Kier molecular flexibility index (Phi) is 3.84. The molecule has 1 aromatic rings. The molecule has 0 saturated heterocycles. The summed E-state index contributed by atoms with van der Waals surface area (Å²) < 4.78 is 5.70. The van der Waals surface area contributed by atoms with Crippen molar-refractivity contribution in [3.63, 3.8) is 0 Å². The molecule has 0 amide bonds. The molecule has 1 aromatic carbocycles. The van der Waals surface area contributed by atoms with Crippen LogP contribution in [0.2, 0.25) is 5.02 Å². The van der Waals surface area contributed by atoms with E-state index in [0.29, 0.717) is 6.04 Å². The van der Waals surface area contributed by atoms with Crippen molar-refractivity contribution in [3.05, 3.63) is 34.9 Å². The summed E-state index contributed by atoms with van der Waals surface area (Å²) in [5, 5.41) is 4.55. The molecular weight excluding hydrogens is 258 g/mol. The van der Waals surface area contributed by atoms with Crippen LogP contribution in [0.3, 0.4) is 0 Å². The van der Waals surface area contributed by atoms with Gasteiger partial charge in [-0.15, -0.1) is 0 Å². The Bertz CT molecular complexity index is 417. The summed E-state index contributed by atoms with van der Waals surface area (Å²) in [6.07, 6.45) is 6.34. The van der Waals surface area contributed by atoms with Crippen molar-refractivity contribution >= 4 is 11.6 Å². The van der Waals surface area contributed by atoms with Gasteiger partial charge in [0.2, 0.25) is 0 Å². The number of hydrogen-bond acceptors (Lipinski definition) is 2. The zero-order valence-electron chi connectivity index (χ0n) is 11.5. The Morgan fingerprint density at radius 2 is 2.00 bits per heavy atom. The van der Waals surface area contributed by atoms with E-state index in [1.54, 1.807) is 0 Å². The number of nitrogens with one attached hydrogen (secondary N) is 1. The first-order chi connectivity index (χ1) is 9.22. The summed E-state index contributed by atoms with van der Waals surface area (Å²) >= 11 is 5.97. The molecule has 3 rings (SSSR count). The van der Waals surface area contributed by atoms with Gasteiger partial charge in [-0.1, -0.05) is 23.7 Å². The predicted molar refractivity (Wildman–Crippen MR) is 78.5 cm³/mol. The van der Waals surface area contributed by atoms with Crippen LogP contribution in [0.1, 0.15) is 43.7 Å². The first-order valence-corrected chi connectivity index (χ1v) is 7.64. The lowest BCUT2D eigenvalue weighted by molar-refractivity contribution is -0.0712. The number of benzene rings is 1. The third-order valence-corrected chi connectivity index (χ3v) is 4.92. The lowest BCUT2D eigenvalue weighted by Gasteiger charge is -2.41. The highest BCUT2D eigenvalue weighted by Crippen LogP contribution is 2.42. The fourth-order valence-corrected chi connectivity index (χ4v) is 3.10. The van der Waals surface area contributed by atoms with Crippen LogP contribution < -0.4 is 5.32 Å². The van der Waals surface area contributed by atoms with E-state index in [2.05, 4.69) is 17.4 Å². The minimum atomic E-state index is 0.0968. The second-order valence-corrected chi connectivity index (χ2v) is 6.42. The van der Waals surface area contributed by atoms with Gasteiger partial charge in [0.25, 0.3) is 0 Å². The fourth-order valence-electron chi connectivity index (χ4n) is 2.98. The van der Waals surface area contributed by atoms with Gasteiger partial charge >= 0.3 is 0 Å². The van der Waals surface area contributed by atoms with E-state index in [1.807, 2.05) is 19.2 Å². The number of methoxy groups -OCH3 is 1. The summed E-state index contributed by atoms with van der Waals surface area (Å²) in [6.45, 7) is 0.966. The standard InChI is InChI=1S/C16H22ClNO/c1-19-16(9-2-10-16)11-18-15(12-3-4-12)13-5-7-14(17)8-6-13/h5-8,12,15,18H,2-4,9-11H2,1H3. The number of halogens is 1. The van der Waals surface area contributed by atoms with Gasteiger partial charge in [0.1, 0.15) is 0 Å². The molecule has 2 fully saturated rings. The average molecular weight is 280 g/mol. The molecule has 2 nitrogen and oxygen atoms in total. The molecule has 0 radical (unpaired) electrons. The van der Waals surface area contributed by atoms with Crippen LogP contribution in [0.15, 0.2) is 24.3 Å². The maximum atomic E-state index is 5.97. The van der Waals surface area contributed by atoms with Crippen LogP contribution in [0.25, 0.3) is 0 Å². The zero-order chi connectivity index (χ0) is 13.3. The second-order valence-electron chi connectivity index (χ2n) is 5.99. The smallest absolute Gasteiger partial charge is 0.0802 e. The van der Waals surface area contributed by atoms with Gasteiger partial charge in [-0.05, 0) is 55.7 Å². The maximum Gasteiger partial charge on any atom is 0.0802 e. The van der Waals surface area contributed by atoms with Gasteiger partial charge in [0, 0.05) is 24.7 Å². The normalized spacial score (nSPS) is 22.8. The number of rotatable bonds is 6. The first kappa shape index (κ1) is 13.4. The van der Waals surface area contributed by atoms with Crippen molar-refractivity contribution in [2.75, 3.05) is 13.7 Å². The highest BCUT2D eigenvalue weighted by Gasteiger charge is 2.39. The van der Waals surface area contributed by atoms with E-state index in [0.717, 1.165) is 17.5 Å². The van der Waals surface area contributed by atoms with Crippen molar-refractivity contribution in [3.8, 4) is 0 Å². The molecular formula is C16H22ClNO. The van der Waals surface area contributed by atoms with Gasteiger partial charge in [-0.3, -0.25) is 0 Å². The predicted octanol–water partition coefficient (Wildman–Crippen LogP) is 3.95. The summed E-state index contributed by atoms with van der Waals surface area (Å²) in [6, 6.07) is 8.74. The van der Waals surface area contributed by atoms with Crippen molar-refractivity contribution in [2.45, 2.75) is 43.7 Å². The van der Waals surface area contributed by atoms with E-state index < -0.39 is 0 Å². The van der Waals surface area contributed by atoms with Crippen molar-refractivity contribution in [1.82, 2.24) is 5.32 Å². The molecule has 2 aliphatic carbocycles. The van der Waals surface area contributed by atoms with E-state index in [-0.39, 0.29) is 5.60 Å². The van der Waals surface area contributed by atoms with Gasteiger partial charge in [0.15, 0.2) is 0 Å². The first-order valence-electron chi connectivity index (χ1n) is 7.26. The van der Waals surface area contributed by atoms with Crippen LogP contribution in [0.5, 0.6) is 0 Å². The molecule has 0 spiro atoms. The summed E-state index contributed by atoms with van der Waals surface area (Å²) in [7, 11) is 1.84. The maximum absolute atomic E-state index is 5.97. The number of ether oxygens (including phenoxy) is 1. The van der Waals surface area contributed by atoms with Crippen LogP contribution in [-0.2, 0) is 4.74 Å². The van der Waals surface area contributed by atoms with Crippen LogP contribution in [-0.4, -0.2) is 19.3 Å². The van der Waals surface area contributed by atoms with Crippen LogP contribution in [0.4, 0.5) is 0 Å². The van der Waals surface area contributed by atoms with Crippen molar-refractivity contribution in [2.24, 2.45) is 5.92 Å². The number of hydrogen-bond donors (Lipinski definition) is 1. The van der Waals surface area contributed by atoms with Gasteiger partial charge in [-0.2, -0.15) is 0 Å². The summed E-state index contributed by atoms with van der Waals surface area (Å²) in [5.74, 6) is 0.787. The van der Waals surface area contributed by atoms with E-state index in [1.165, 1.54) is 37.7 Å². The largest absolute Gasteiger partial charge is 0.377 e. The lowest BCUT2D eigenvalue weighted by Crippen LogP contribution is -2.49. The fraction of sp³-hybridized carbons (Fsp3) is 0.625. The Hall–Kier alpha value is -0.570. The van der Waals surface area contributed by atoms with Crippen LogP contribution >= 0.6 is 11.6 Å². The third-order valence-electron chi connectivity index (χ3n) is 4.66. The average Bonchev–Trinajstić information content (AvgIpc) is 3.19. The Morgan fingerprint density at radius 1 is 1.32 bits per heavy atom. The summed E-state index contributed by atoms with van der Waals surface area (Å²) in [5.41, 5.74) is 1.46. The molecule has 0 aliphatic heterocycles. The van der Waals surface area contributed by atoms with E-state index >= 15 is 0 Å². The molecule has 1 atom stereocenters. The Morgan fingerprint density at radius 3 is 2.47 bits per heavy atom. The van der Waals surface area contributed by atoms with Crippen molar-refractivity contribution in [1.29, 1.82) is 0 Å². The zero-order valence-corrected chi connectivity index (χ0v) is 12.2. The monoisotopic (exact) mass is 279 g/mol. The Balaban J connectivity index is 1.66. The topological polar surface area (TPSA) is 21.3 Å². The minimum absolute atomic E-state index is 0.0968. The second kappa shape index (κ2) is 5.43. The molecule has 0 bridgehead atoms. The quantitative estimate of drug-likeness (QED) is 0.851. The van der Waals surface area contributed by atoms with Crippen molar-refractivity contribution < 1.29 is 4.74 Å². The molecule has 3 heteroatoms. The lowest BCUT2D eigenvalue weighted by atomic mass is 9.79. The summed E-state index contributed by atoms with van der Waals surface area (Å²) in [4.78, 5) is 0. The van der Waals surface area contributed by atoms with Gasteiger partial charge in [-0.25, -0.2) is 0 Å². The molecule has 19 heavy (non-hydrogen) atoms.